The van der Waals surface area contributed by atoms with Gasteiger partial charge in [0, 0.05) is 32.2 Å². The normalized spacial score (nSPS) is 26.1. The first-order chi connectivity index (χ1) is 9.38. The van der Waals surface area contributed by atoms with E-state index in [-0.39, 0.29) is 24.0 Å². The van der Waals surface area contributed by atoms with Gasteiger partial charge in [-0.1, -0.05) is 12.2 Å². The van der Waals surface area contributed by atoms with E-state index in [1.807, 2.05) is 0 Å². The second-order valence-electron chi connectivity index (χ2n) is 5.48. The molecule has 5 heteroatoms. The van der Waals surface area contributed by atoms with Gasteiger partial charge in [-0.05, 0) is 38.5 Å². The molecule has 4 nitrogen and oxygen atoms in total. The Balaban J connectivity index is 0.00000200. The molecule has 116 valence electrons. The summed E-state index contributed by atoms with van der Waals surface area (Å²) in [5.74, 6) is 2.32. The number of nitrogens with one attached hydrogen (secondary N) is 2. The molecule has 0 saturated carbocycles. The summed E-state index contributed by atoms with van der Waals surface area (Å²) in [6.07, 6.45) is 9.41. The van der Waals surface area contributed by atoms with Gasteiger partial charge in [-0.2, -0.15) is 0 Å². The van der Waals surface area contributed by atoms with Gasteiger partial charge < -0.3 is 15.4 Å². The van der Waals surface area contributed by atoms with Crippen LogP contribution in [0.5, 0.6) is 0 Å². The van der Waals surface area contributed by atoms with E-state index in [1.54, 1.807) is 0 Å². The highest BCUT2D eigenvalue weighted by Crippen LogP contribution is 2.18. The van der Waals surface area contributed by atoms with Crippen LogP contribution in [-0.4, -0.2) is 38.8 Å². The van der Waals surface area contributed by atoms with Crippen molar-refractivity contribution in [3.63, 3.8) is 0 Å². The Morgan fingerprint density at radius 3 is 2.80 bits per heavy atom. The Kier molecular flexibility index (Phi) is 9.26. The number of guanidine groups is 1. The molecular formula is C15H28IN3O. The molecule has 0 spiro atoms. The molecule has 1 heterocycles. The van der Waals surface area contributed by atoms with Crippen molar-refractivity contribution in [1.29, 1.82) is 0 Å². The number of allylic oxidation sites excluding steroid dienone is 2. The van der Waals surface area contributed by atoms with Crippen LogP contribution in [0, 0.1) is 11.8 Å². The Morgan fingerprint density at radius 2 is 2.15 bits per heavy atom. The van der Waals surface area contributed by atoms with Gasteiger partial charge in [0.1, 0.15) is 0 Å². The summed E-state index contributed by atoms with van der Waals surface area (Å²) >= 11 is 0. The van der Waals surface area contributed by atoms with Gasteiger partial charge in [-0.3, -0.25) is 4.99 Å². The maximum atomic E-state index is 5.40. The summed E-state index contributed by atoms with van der Waals surface area (Å²) in [6, 6.07) is 0. The second kappa shape index (κ2) is 10.4. The Hall–Kier alpha value is -0.300. The minimum absolute atomic E-state index is 0. The first kappa shape index (κ1) is 17.8. The number of hydrogen-bond acceptors (Lipinski definition) is 2. The molecule has 1 fully saturated rings. The third kappa shape index (κ3) is 6.43. The minimum atomic E-state index is 0. The monoisotopic (exact) mass is 393 g/mol. The number of halogens is 1. The molecule has 0 radical (unpaired) electrons. The lowest BCUT2D eigenvalue weighted by Gasteiger charge is -2.18. The molecule has 1 saturated heterocycles. The fraction of sp³-hybridized carbons (Fsp3) is 0.800. The molecule has 0 aromatic heterocycles. The fourth-order valence-corrected chi connectivity index (χ4v) is 2.57. The van der Waals surface area contributed by atoms with E-state index < -0.39 is 0 Å². The van der Waals surface area contributed by atoms with E-state index in [1.165, 1.54) is 25.7 Å². The van der Waals surface area contributed by atoms with Gasteiger partial charge >= 0.3 is 0 Å². The van der Waals surface area contributed by atoms with E-state index in [4.69, 9.17) is 9.73 Å². The van der Waals surface area contributed by atoms with Crippen molar-refractivity contribution in [3.05, 3.63) is 12.2 Å². The number of hydrogen-bond donors (Lipinski definition) is 2. The van der Waals surface area contributed by atoms with E-state index >= 15 is 0 Å². The zero-order valence-electron chi connectivity index (χ0n) is 12.4. The largest absolute Gasteiger partial charge is 0.381 e. The van der Waals surface area contributed by atoms with Crippen molar-refractivity contribution in [1.82, 2.24) is 10.6 Å². The average molecular weight is 393 g/mol. The third-order valence-electron chi connectivity index (χ3n) is 3.81. The molecule has 0 bridgehead atoms. The molecule has 2 N–H and O–H groups in total. The molecule has 0 amide bonds. The lowest BCUT2D eigenvalue weighted by molar-refractivity contribution is 0.186. The number of ether oxygens (including phenoxy) is 1. The zero-order valence-corrected chi connectivity index (χ0v) is 14.8. The standard InChI is InChI=1S/C15H27N3O.HI/c1-2-16-15(18-11-14-8-9-19-12-14)17-10-13-6-4-3-5-7-13;/h3-4,13-14H,2,5-12H2,1H3,(H2,16,17,18);1H. The van der Waals surface area contributed by atoms with Crippen molar-refractivity contribution in [2.24, 2.45) is 16.8 Å². The highest BCUT2D eigenvalue weighted by atomic mass is 127. The van der Waals surface area contributed by atoms with Crippen molar-refractivity contribution < 1.29 is 4.74 Å². The Bertz CT molecular complexity index is 314. The summed E-state index contributed by atoms with van der Waals surface area (Å²) in [7, 11) is 0. The van der Waals surface area contributed by atoms with Gasteiger partial charge in [0.15, 0.2) is 5.96 Å². The van der Waals surface area contributed by atoms with Crippen molar-refractivity contribution in [2.45, 2.75) is 32.6 Å². The van der Waals surface area contributed by atoms with Crippen molar-refractivity contribution in [3.8, 4) is 0 Å². The zero-order chi connectivity index (χ0) is 13.3. The predicted octanol–water partition coefficient (Wildman–Crippen LogP) is 2.55. The molecule has 2 aliphatic rings. The number of nitrogens with zero attached hydrogens (tertiary/aromatic N) is 1. The van der Waals surface area contributed by atoms with Crippen LogP contribution in [0.2, 0.25) is 0 Å². The van der Waals surface area contributed by atoms with E-state index in [9.17, 15) is 0 Å². The summed E-state index contributed by atoms with van der Waals surface area (Å²) in [4.78, 5) is 4.72. The van der Waals surface area contributed by atoms with E-state index in [0.29, 0.717) is 5.92 Å². The number of aliphatic imine (C=N–C) groups is 1. The molecule has 0 aromatic rings. The average Bonchev–Trinajstić information content (AvgIpc) is 2.96. The summed E-state index contributed by atoms with van der Waals surface area (Å²) < 4.78 is 5.40. The van der Waals surface area contributed by atoms with Crippen LogP contribution in [0.25, 0.3) is 0 Å². The summed E-state index contributed by atoms with van der Waals surface area (Å²) in [5, 5.41) is 6.77. The first-order valence-electron chi connectivity index (χ1n) is 7.63. The smallest absolute Gasteiger partial charge is 0.191 e. The predicted molar refractivity (Wildman–Crippen MR) is 94.8 cm³/mol. The van der Waals surface area contributed by atoms with Gasteiger partial charge in [-0.25, -0.2) is 0 Å². The van der Waals surface area contributed by atoms with Crippen LogP contribution in [-0.2, 0) is 4.74 Å². The Labute approximate surface area is 139 Å². The topological polar surface area (TPSA) is 45.7 Å². The highest BCUT2D eigenvalue weighted by Gasteiger charge is 2.16. The van der Waals surface area contributed by atoms with Crippen molar-refractivity contribution in [2.75, 3.05) is 32.8 Å². The van der Waals surface area contributed by atoms with Gasteiger partial charge in [0.2, 0.25) is 0 Å². The quantitative estimate of drug-likeness (QED) is 0.327. The van der Waals surface area contributed by atoms with Crippen LogP contribution >= 0.6 is 24.0 Å². The molecular weight excluding hydrogens is 365 g/mol. The Morgan fingerprint density at radius 1 is 1.25 bits per heavy atom. The summed E-state index contributed by atoms with van der Waals surface area (Å²) in [5.41, 5.74) is 0. The van der Waals surface area contributed by atoms with Crippen LogP contribution in [0.1, 0.15) is 32.6 Å². The van der Waals surface area contributed by atoms with Gasteiger partial charge in [-0.15, -0.1) is 24.0 Å². The van der Waals surface area contributed by atoms with Crippen molar-refractivity contribution >= 4 is 29.9 Å². The first-order valence-corrected chi connectivity index (χ1v) is 7.63. The molecule has 2 unspecified atom stereocenters. The molecule has 1 aliphatic carbocycles. The van der Waals surface area contributed by atoms with Crippen LogP contribution in [0.15, 0.2) is 17.1 Å². The van der Waals surface area contributed by atoms with E-state index in [2.05, 4.69) is 29.7 Å². The highest BCUT2D eigenvalue weighted by molar-refractivity contribution is 14.0. The van der Waals surface area contributed by atoms with E-state index in [0.717, 1.165) is 44.7 Å². The molecule has 1 aliphatic heterocycles. The fourth-order valence-electron chi connectivity index (χ4n) is 2.57. The molecule has 0 aromatic carbocycles. The molecule has 2 rings (SSSR count). The lowest BCUT2D eigenvalue weighted by Crippen LogP contribution is -2.40. The lowest BCUT2D eigenvalue weighted by atomic mass is 9.95. The van der Waals surface area contributed by atoms with Crippen LogP contribution in [0.4, 0.5) is 0 Å². The van der Waals surface area contributed by atoms with Crippen LogP contribution in [0.3, 0.4) is 0 Å². The van der Waals surface area contributed by atoms with Crippen LogP contribution < -0.4 is 10.6 Å². The SMILES string of the molecule is CCNC(=NCC1CC=CCC1)NCC1CCOC1.I. The minimum Gasteiger partial charge on any atom is -0.381 e. The summed E-state index contributed by atoms with van der Waals surface area (Å²) in [6.45, 7) is 6.72. The van der Waals surface area contributed by atoms with Gasteiger partial charge in [0.05, 0.1) is 6.61 Å². The number of rotatable bonds is 5. The molecule has 2 atom stereocenters. The van der Waals surface area contributed by atoms with Gasteiger partial charge in [0.25, 0.3) is 0 Å². The second-order valence-corrected chi connectivity index (χ2v) is 5.48. The third-order valence-corrected chi connectivity index (χ3v) is 3.81. The maximum Gasteiger partial charge on any atom is 0.191 e. The maximum absolute atomic E-state index is 5.40. The molecule has 20 heavy (non-hydrogen) atoms.